The van der Waals surface area contributed by atoms with E-state index in [2.05, 4.69) is 36.5 Å². The van der Waals surface area contributed by atoms with E-state index < -0.39 is 0 Å². The van der Waals surface area contributed by atoms with Crippen LogP contribution in [0.4, 0.5) is 9.41 Å². The van der Waals surface area contributed by atoms with Gasteiger partial charge in [0.05, 0.1) is 0 Å². The van der Waals surface area contributed by atoms with Crippen LogP contribution in [0.3, 0.4) is 0 Å². The zero-order valence-corrected chi connectivity index (χ0v) is 9.68. The van der Waals surface area contributed by atoms with Crippen molar-refractivity contribution in [3.8, 4) is 0 Å². The number of carbonyl (C=O) groups excluding carboxylic acids is 1. The Hall–Kier alpha value is -0.484. The minimum Gasteiger partial charge on any atom is -0.269 e. The fraction of sp³-hybridized carbons (Fsp3) is 0.500. The molecule has 1 unspecified atom stereocenters. The van der Waals surface area contributed by atoms with Crippen molar-refractivity contribution < 1.29 is 29.9 Å². The summed E-state index contributed by atoms with van der Waals surface area (Å²) in [6.45, 7) is 8.18. The van der Waals surface area contributed by atoms with Gasteiger partial charge in [0.25, 0.3) is 0 Å². The van der Waals surface area contributed by atoms with Gasteiger partial charge in [0.1, 0.15) is 0 Å². The summed E-state index contributed by atoms with van der Waals surface area (Å²) in [5.74, 6) is 0.258. The van der Waals surface area contributed by atoms with Gasteiger partial charge in [-0.3, -0.25) is 9.41 Å². The normalized spacial score (nSPS) is 20.6. The molecule has 0 N–H and O–H groups in total. The zero-order valence-electron chi connectivity index (χ0n) is 8.64. The third kappa shape index (κ3) is 2.30. The van der Waals surface area contributed by atoms with Crippen LogP contribution < -0.4 is 0 Å². The van der Waals surface area contributed by atoms with Crippen molar-refractivity contribution in [1.29, 1.82) is 0 Å². The van der Waals surface area contributed by atoms with Gasteiger partial charge in [0.15, 0.2) is 0 Å². The summed E-state index contributed by atoms with van der Waals surface area (Å²) in [5, 5.41) is 0. The van der Waals surface area contributed by atoms with E-state index in [4.69, 9.17) is 0 Å². The van der Waals surface area contributed by atoms with Crippen molar-refractivity contribution >= 4 is 4.72 Å². The Kier molecular flexibility index (Phi) is 6.17. The van der Waals surface area contributed by atoms with Crippen molar-refractivity contribution in [2.45, 2.75) is 27.7 Å². The number of hydrogen-bond acceptors (Lipinski definition) is 1. The van der Waals surface area contributed by atoms with Gasteiger partial charge in [-0.1, -0.05) is 0 Å². The first-order valence-corrected chi connectivity index (χ1v) is 4.55. The molecule has 0 aromatic carbocycles. The average molecular weight is 248 g/mol. The summed E-state index contributed by atoms with van der Waals surface area (Å²) in [5.41, 5.74) is 4.52. The van der Waals surface area contributed by atoms with Crippen molar-refractivity contribution in [3.63, 3.8) is 0 Å². The smallest absolute Gasteiger partial charge is 0.269 e. The molecule has 0 spiro atoms. The molecule has 0 aliphatic heterocycles. The summed E-state index contributed by atoms with van der Waals surface area (Å²) in [7, 11) is 0. The number of carbonyl (C=O) groups is 1. The maximum absolute atomic E-state index is 11.1. The Morgan fingerprint density at radius 3 is 1.71 bits per heavy atom. The monoisotopic (exact) mass is 248 g/mol. The van der Waals surface area contributed by atoms with Gasteiger partial charge in [-0.25, -0.2) is 0 Å². The zero-order chi connectivity index (χ0) is 9.46. The molecule has 84 valence electrons. The van der Waals surface area contributed by atoms with E-state index in [0.717, 1.165) is 11.1 Å². The maximum Gasteiger partial charge on any atom is -0.269 e. The molecule has 0 saturated carbocycles. The maximum atomic E-state index is 11.1. The summed E-state index contributed by atoms with van der Waals surface area (Å²) < 4.78 is -0.0938. The molecule has 1 aliphatic carbocycles. The Morgan fingerprint density at radius 2 is 1.57 bits per heavy atom. The number of allylic oxidation sites excluding steroid dienone is 4. The fourth-order valence-electron chi connectivity index (χ4n) is 1.66. The van der Waals surface area contributed by atoms with Crippen molar-refractivity contribution in [1.82, 2.24) is 0 Å². The van der Waals surface area contributed by atoms with Gasteiger partial charge >= 0.3 is 81.2 Å². The molecule has 0 fully saturated rings. The first kappa shape index (κ1) is 16.0. The molecule has 0 aromatic heterocycles. The molecule has 0 saturated heterocycles. The molecule has 0 aromatic rings. The summed E-state index contributed by atoms with van der Waals surface area (Å²) in [6.07, 6.45) is 0. The molecular weight excluding hydrogens is 233 g/mol. The predicted octanol–water partition coefficient (Wildman–Crippen LogP) is 2.67. The van der Waals surface area contributed by atoms with E-state index in [1.165, 1.54) is 11.1 Å². The molecule has 1 atom stereocenters. The second-order valence-electron chi connectivity index (χ2n) is 3.32. The molecule has 14 heavy (non-hydrogen) atoms. The second kappa shape index (κ2) is 5.41. The first-order chi connectivity index (χ1) is 5.46. The van der Waals surface area contributed by atoms with Crippen molar-refractivity contribution in [3.05, 3.63) is 22.3 Å². The molecule has 0 amide bonds. The Labute approximate surface area is 91.0 Å². The van der Waals surface area contributed by atoms with Gasteiger partial charge in [-0.05, 0) is 0 Å². The standard InChI is InChI=1S/C10H13O.Co.2FH/c1-6-7(2)9(4)10(5-11)8(6)3;;;/h8H,1-4H3;;2*1H. The Morgan fingerprint density at radius 1 is 1.14 bits per heavy atom. The third-order valence-corrected chi connectivity index (χ3v) is 3.12. The van der Waals surface area contributed by atoms with E-state index >= 15 is 0 Å². The van der Waals surface area contributed by atoms with Crippen LogP contribution in [-0.2, 0) is 20.5 Å². The molecule has 1 rings (SSSR count). The van der Waals surface area contributed by atoms with Crippen LogP contribution in [0, 0.1) is 5.92 Å². The number of hydrogen-bond donors (Lipinski definition) is 0. The molecular formula is C10H15CoF2O. The topological polar surface area (TPSA) is 17.1 Å². The van der Waals surface area contributed by atoms with E-state index in [0.29, 0.717) is 0 Å². The largest absolute Gasteiger partial charge is 0.269 e. The molecule has 4 heteroatoms. The van der Waals surface area contributed by atoms with Crippen LogP contribution in [0.1, 0.15) is 27.7 Å². The first-order valence-electron chi connectivity index (χ1n) is 4.03. The molecule has 0 radical (unpaired) electrons. The summed E-state index contributed by atoms with van der Waals surface area (Å²) in [4.78, 5) is 11.1. The summed E-state index contributed by atoms with van der Waals surface area (Å²) >= 11 is 3.92. The van der Waals surface area contributed by atoms with Crippen LogP contribution in [0.25, 0.3) is 0 Å². The minimum absolute atomic E-state index is 0. The molecule has 1 aliphatic rings. The van der Waals surface area contributed by atoms with Gasteiger partial charge in [-0.2, -0.15) is 0 Å². The third-order valence-electron chi connectivity index (χ3n) is 2.84. The van der Waals surface area contributed by atoms with Gasteiger partial charge in [0, 0.05) is 0 Å². The quantitative estimate of drug-likeness (QED) is 0.697. The van der Waals surface area contributed by atoms with E-state index in [1.807, 2.05) is 6.92 Å². The van der Waals surface area contributed by atoms with Crippen LogP contribution in [0.15, 0.2) is 22.3 Å². The van der Waals surface area contributed by atoms with Crippen molar-refractivity contribution in [2.24, 2.45) is 5.92 Å². The Balaban J connectivity index is 0. The second-order valence-corrected chi connectivity index (χ2v) is 3.79. The van der Waals surface area contributed by atoms with E-state index in [-0.39, 0.29) is 20.0 Å². The van der Waals surface area contributed by atoms with Gasteiger partial charge in [-0.15, -0.1) is 0 Å². The summed E-state index contributed by atoms with van der Waals surface area (Å²) in [6, 6.07) is 0. The van der Waals surface area contributed by atoms with Gasteiger partial charge < -0.3 is 0 Å². The Bertz CT molecular complexity index is 305. The van der Waals surface area contributed by atoms with Crippen molar-refractivity contribution in [2.75, 3.05) is 0 Å². The number of halogens is 2. The molecule has 0 bridgehead atoms. The van der Waals surface area contributed by atoms with Crippen LogP contribution in [-0.4, -0.2) is 4.72 Å². The molecule has 0 heterocycles. The molecule has 1 nitrogen and oxygen atoms in total. The van der Waals surface area contributed by atoms with Crippen LogP contribution in [0.5, 0.6) is 0 Å². The predicted molar refractivity (Wildman–Crippen MR) is 50.3 cm³/mol. The number of rotatable bonds is 1. The van der Waals surface area contributed by atoms with E-state index in [1.54, 1.807) is 0 Å². The average Bonchev–Trinajstić information content (AvgIpc) is 2.16. The van der Waals surface area contributed by atoms with Crippen LogP contribution in [0.2, 0.25) is 0 Å². The minimum atomic E-state index is -0.0938. The van der Waals surface area contributed by atoms with E-state index in [9.17, 15) is 4.79 Å². The fourth-order valence-corrected chi connectivity index (χ4v) is 2.08. The SMILES string of the molecule is CC1=C(C)C(C)C([C](=O)[Co])=C1C.F.F. The van der Waals surface area contributed by atoms with Crippen LogP contribution >= 0.6 is 0 Å². The van der Waals surface area contributed by atoms with Gasteiger partial charge in [0.2, 0.25) is 0 Å².